The molecule has 0 aliphatic carbocycles. The SMILES string of the molecule is Cc1nc(-c2cn(C)c3ccccc23)c(C#N)n1C. The lowest BCUT2D eigenvalue weighted by molar-refractivity contribution is 0.845. The number of fused-ring (bicyclic) bond motifs is 1. The second kappa shape index (κ2) is 3.99. The lowest BCUT2D eigenvalue weighted by atomic mass is 10.1. The van der Waals surface area contributed by atoms with Crippen LogP contribution in [0, 0.1) is 18.3 Å². The zero-order chi connectivity index (χ0) is 13.6. The van der Waals surface area contributed by atoms with Gasteiger partial charge in [-0.3, -0.25) is 0 Å². The standard InChI is InChI=1S/C15H14N4/c1-10-17-15(14(8-16)19(10)3)12-9-18(2)13-7-5-4-6-11(12)13/h4-7,9H,1-3H3. The van der Waals surface area contributed by atoms with Gasteiger partial charge in [0.15, 0.2) is 0 Å². The van der Waals surface area contributed by atoms with Crippen LogP contribution in [0.1, 0.15) is 11.5 Å². The number of aromatic nitrogens is 3. The molecule has 0 aliphatic heterocycles. The number of benzene rings is 1. The molecule has 0 N–H and O–H groups in total. The molecule has 0 unspecified atom stereocenters. The Kier molecular flexibility index (Phi) is 2.42. The van der Waals surface area contributed by atoms with Crippen LogP contribution >= 0.6 is 0 Å². The minimum atomic E-state index is 0.605. The first-order chi connectivity index (χ1) is 9.13. The van der Waals surface area contributed by atoms with E-state index in [1.165, 1.54) is 0 Å². The third-order valence-corrected chi connectivity index (χ3v) is 3.58. The molecule has 4 nitrogen and oxygen atoms in total. The Balaban J connectivity index is 2.38. The fourth-order valence-electron chi connectivity index (χ4n) is 2.46. The lowest BCUT2D eigenvalue weighted by Gasteiger charge is -1.97. The van der Waals surface area contributed by atoms with E-state index in [1.54, 1.807) is 0 Å². The van der Waals surface area contributed by atoms with Crippen LogP contribution in [0.15, 0.2) is 30.5 Å². The first-order valence-electron chi connectivity index (χ1n) is 6.11. The van der Waals surface area contributed by atoms with E-state index in [0.29, 0.717) is 5.69 Å². The third-order valence-electron chi connectivity index (χ3n) is 3.58. The summed E-state index contributed by atoms with van der Waals surface area (Å²) in [6, 6.07) is 10.4. The predicted molar refractivity (Wildman–Crippen MR) is 74.6 cm³/mol. The van der Waals surface area contributed by atoms with Gasteiger partial charge in [0.1, 0.15) is 23.3 Å². The molecule has 0 saturated carbocycles. The molecule has 3 aromatic rings. The van der Waals surface area contributed by atoms with Crippen LogP contribution in [0.5, 0.6) is 0 Å². The van der Waals surface area contributed by atoms with Gasteiger partial charge in [-0.1, -0.05) is 18.2 Å². The van der Waals surface area contributed by atoms with Crippen molar-refractivity contribution in [3.63, 3.8) is 0 Å². The molecule has 94 valence electrons. The molecule has 0 saturated heterocycles. The van der Waals surface area contributed by atoms with Gasteiger partial charge in [0.25, 0.3) is 0 Å². The van der Waals surface area contributed by atoms with E-state index in [4.69, 9.17) is 0 Å². The molecule has 2 aromatic heterocycles. The number of para-hydroxylation sites is 1. The maximum atomic E-state index is 9.34. The van der Waals surface area contributed by atoms with Crippen LogP contribution in [0.4, 0.5) is 0 Å². The first kappa shape index (κ1) is 11.5. The summed E-state index contributed by atoms with van der Waals surface area (Å²) in [6.45, 7) is 1.91. The van der Waals surface area contributed by atoms with Gasteiger partial charge < -0.3 is 9.13 Å². The average Bonchev–Trinajstić information content (AvgIpc) is 2.89. The molecular formula is C15H14N4. The molecule has 4 heteroatoms. The summed E-state index contributed by atoms with van der Waals surface area (Å²) >= 11 is 0. The first-order valence-corrected chi connectivity index (χ1v) is 6.11. The Labute approximate surface area is 111 Å². The van der Waals surface area contributed by atoms with Crippen molar-refractivity contribution in [1.82, 2.24) is 14.1 Å². The number of nitriles is 1. The number of hydrogen-bond acceptors (Lipinski definition) is 2. The van der Waals surface area contributed by atoms with E-state index >= 15 is 0 Å². The van der Waals surface area contributed by atoms with Crippen molar-refractivity contribution in [2.45, 2.75) is 6.92 Å². The molecule has 1 aromatic carbocycles. The minimum Gasteiger partial charge on any atom is -0.350 e. The number of imidazole rings is 1. The molecule has 0 atom stereocenters. The largest absolute Gasteiger partial charge is 0.350 e. The van der Waals surface area contributed by atoms with Gasteiger partial charge in [0.2, 0.25) is 0 Å². The van der Waals surface area contributed by atoms with Gasteiger partial charge in [-0.2, -0.15) is 5.26 Å². The van der Waals surface area contributed by atoms with Crippen molar-refractivity contribution in [3.8, 4) is 17.3 Å². The van der Waals surface area contributed by atoms with E-state index in [0.717, 1.165) is 28.0 Å². The molecule has 0 spiro atoms. The highest BCUT2D eigenvalue weighted by Crippen LogP contribution is 2.31. The van der Waals surface area contributed by atoms with Crippen LogP contribution < -0.4 is 0 Å². The van der Waals surface area contributed by atoms with Crippen molar-refractivity contribution in [2.24, 2.45) is 14.1 Å². The number of aryl methyl sites for hydroxylation is 2. The fraction of sp³-hybridized carbons (Fsp3) is 0.200. The molecule has 0 aliphatic rings. The number of nitrogens with zero attached hydrogens (tertiary/aromatic N) is 4. The average molecular weight is 250 g/mol. The molecule has 0 radical (unpaired) electrons. The van der Waals surface area contributed by atoms with Crippen molar-refractivity contribution < 1.29 is 0 Å². The molecule has 19 heavy (non-hydrogen) atoms. The van der Waals surface area contributed by atoms with Gasteiger partial charge in [-0.25, -0.2) is 4.98 Å². The van der Waals surface area contributed by atoms with Crippen LogP contribution in [0.2, 0.25) is 0 Å². The number of rotatable bonds is 1. The zero-order valence-electron chi connectivity index (χ0n) is 11.2. The van der Waals surface area contributed by atoms with E-state index in [2.05, 4.69) is 27.8 Å². The Morgan fingerprint density at radius 3 is 2.68 bits per heavy atom. The highest BCUT2D eigenvalue weighted by atomic mass is 15.1. The second-order valence-corrected chi connectivity index (χ2v) is 4.70. The zero-order valence-corrected chi connectivity index (χ0v) is 11.2. The quantitative estimate of drug-likeness (QED) is 0.666. The van der Waals surface area contributed by atoms with Crippen LogP contribution in [0.3, 0.4) is 0 Å². The summed E-state index contributed by atoms with van der Waals surface area (Å²) in [6.07, 6.45) is 2.04. The van der Waals surface area contributed by atoms with Gasteiger partial charge in [-0.15, -0.1) is 0 Å². The van der Waals surface area contributed by atoms with Gasteiger partial charge >= 0.3 is 0 Å². The Bertz CT molecular complexity index is 815. The van der Waals surface area contributed by atoms with Crippen LogP contribution in [-0.2, 0) is 14.1 Å². The Hall–Kier alpha value is -2.54. The molecule has 0 fully saturated rings. The molecule has 0 bridgehead atoms. The van der Waals surface area contributed by atoms with E-state index < -0.39 is 0 Å². The van der Waals surface area contributed by atoms with E-state index in [-0.39, 0.29) is 0 Å². The van der Waals surface area contributed by atoms with Crippen molar-refractivity contribution >= 4 is 10.9 Å². The topological polar surface area (TPSA) is 46.5 Å². The summed E-state index contributed by atoms with van der Waals surface area (Å²) in [7, 11) is 3.88. The summed E-state index contributed by atoms with van der Waals surface area (Å²) in [5, 5.41) is 10.5. The molecule has 0 amide bonds. The third kappa shape index (κ3) is 1.55. The smallest absolute Gasteiger partial charge is 0.148 e. The maximum Gasteiger partial charge on any atom is 0.148 e. The van der Waals surface area contributed by atoms with Crippen molar-refractivity contribution in [3.05, 3.63) is 42.0 Å². The van der Waals surface area contributed by atoms with Crippen LogP contribution in [0.25, 0.3) is 22.2 Å². The highest BCUT2D eigenvalue weighted by molar-refractivity contribution is 5.96. The summed E-state index contributed by atoms with van der Waals surface area (Å²) in [5.41, 5.74) is 3.52. The van der Waals surface area contributed by atoms with Gasteiger partial charge in [0.05, 0.1) is 0 Å². The Morgan fingerprint density at radius 2 is 1.95 bits per heavy atom. The predicted octanol–water partition coefficient (Wildman–Crippen LogP) is 2.76. The molecular weight excluding hydrogens is 236 g/mol. The second-order valence-electron chi connectivity index (χ2n) is 4.70. The molecule has 2 heterocycles. The summed E-state index contributed by atoms with van der Waals surface area (Å²) < 4.78 is 3.90. The maximum absolute atomic E-state index is 9.34. The minimum absolute atomic E-state index is 0.605. The van der Waals surface area contributed by atoms with Crippen molar-refractivity contribution in [2.75, 3.05) is 0 Å². The Morgan fingerprint density at radius 1 is 1.21 bits per heavy atom. The fourth-order valence-corrected chi connectivity index (χ4v) is 2.46. The van der Waals surface area contributed by atoms with Crippen molar-refractivity contribution in [1.29, 1.82) is 5.26 Å². The summed E-state index contributed by atoms with van der Waals surface area (Å²) in [5.74, 6) is 0.847. The van der Waals surface area contributed by atoms with Crippen LogP contribution in [-0.4, -0.2) is 14.1 Å². The normalized spacial score (nSPS) is 10.8. The van der Waals surface area contributed by atoms with E-state index in [1.807, 2.05) is 43.9 Å². The van der Waals surface area contributed by atoms with E-state index in [9.17, 15) is 5.26 Å². The number of hydrogen-bond donors (Lipinski definition) is 0. The molecule has 3 rings (SSSR count). The monoisotopic (exact) mass is 250 g/mol. The summed E-state index contributed by atoms with van der Waals surface area (Å²) in [4.78, 5) is 4.54. The van der Waals surface area contributed by atoms with Gasteiger partial charge in [0, 0.05) is 36.8 Å². The van der Waals surface area contributed by atoms with Gasteiger partial charge in [-0.05, 0) is 13.0 Å². The highest BCUT2D eigenvalue weighted by Gasteiger charge is 2.17. The lowest BCUT2D eigenvalue weighted by Crippen LogP contribution is -1.94.